The number of ether oxygens (including phenoxy) is 1. The quantitative estimate of drug-likeness (QED) is 0.592. The molecule has 2 aromatic rings. The molecule has 5 nitrogen and oxygen atoms in total. The van der Waals surface area contributed by atoms with E-state index in [0.717, 1.165) is 11.8 Å². The number of hydrogen-bond acceptors (Lipinski definition) is 4. The van der Waals surface area contributed by atoms with E-state index in [0.29, 0.717) is 4.73 Å². The Labute approximate surface area is 131 Å². The van der Waals surface area contributed by atoms with E-state index in [9.17, 15) is 21.6 Å². The van der Waals surface area contributed by atoms with E-state index < -0.39 is 15.6 Å². The molecule has 0 unspecified atom stereocenters. The van der Waals surface area contributed by atoms with Gasteiger partial charge in [-0.05, 0) is 11.6 Å². The van der Waals surface area contributed by atoms with Gasteiger partial charge in [0.05, 0.1) is 6.61 Å². The summed E-state index contributed by atoms with van der Waals surface area (Å²) in [6.07, 6.45) is 1.06. The molecule has 0 atom stereocenters. The maximum Gasteiger partial charge on any atom is 0.540 e. The highest BCUT2D eigenvalue weighted by atomic mass is 32.2. The van der Waals surface area contributed by atoms with Crippen molar-refractivity contribution < 1.29 is 35.3 Å². The molecule has 0 aliphatic carbocycles. The van der Waals surface area contributed by atoms with Crippen LogP contribution in [0.3, 0.4) is 0 Å². The summed E-state index contributed by atoms with van der Waals surface area (Å²) < 4.78 is 69.2. The van der Waals surface area contributed by atoms with Crippen molar-refractivity contribution in [3.63, 3.8) is 0 Å². The molecule has 0 saturated carbocycles. The third-order valence-corrected chi connectivity index (χ3v) is 3.65. The Kier molecular flexibility index (Phi) is 5.22. The molecule has 0 saturated heterocycles. The normalized spacial score (nSPS) is 12.1. The van der Waals surface area contributed by atoms with Gasteiger partial charge in [0.2, 0.25) is 6.20 Å². The minimum Gasteiger partial charge on any atom is -0.366 e. The predicted octanol–water partition coefficient (Wildman–Crippen LogP) is 1.97. The largest absolute Gasteiger partial charge is 0.540 e. The van der Waals surface area contributed by atoms with Crippen LogP contribution in [-0.4, -0.2) is 13.9 Å². The van der Waals surface area contributed by atoms with Crippen LogP contribution < -0.4 is 9.01 Å². The van der Waals surface area contributed by atoms with Crippen LogP contribution in [0.5, 0.6) is 0 Å². The van der Waals surface area contributed by atoms with Crippen LogP contribution in [0.15, 0.2) is 54.7 Å². The van der Waals surface area contributed by atoms with E-state index in [4.69, 9.17) is 4.74 Å². The van der Waals surface area contributed by atoms with Crippen molar-refractivity contribution in [3.05, 3.63) is 66.0 Å². The summed E-state index contributed by atoms with van der Waals surface area (Å²) in [6.45, 7) is 0.102. The van der Waals surface area contributed by atoms with Crippen molar-refractivity contribution in [3.8, 4) is 0 Å². The molecule has 1 heterocycles. The van der Waals surface area contributed by atoms with Crippen LogP contribution in [-0.2, 0) is 28.1 Å². The molecule has 1 aromatic carbocycles. The first kappa shape index (κ1) is 17.2. The molecule has 0 N–H and O–H groups in total. The minimum atomic E-state index is -5.74. The summed E-state index contributed by atoms with van der Waals surface area (Å²) in [5.74, 6) is 0. The van der Waals surface area contributed by atoms with E-state index in [1.807, 2.05) is 30.3 Å². The Hall–Kier alpha value is -2.13. The Morgan fingerprint density at radius 3 is 2.26 bits per heavy atom. The van der Waals surface area contributed by atoms with Gasteiger partial charge < -0.3 is 4.74 Å². The highest BCUT2D eigenvalue weighted by Gasteiger charge is 2.52. The smallest absolute Gasteiger partial charge is 0.366 e. The molecule has 0 spiro atoms. The summed E-state index contributed by atoms with van der Waals surface area (Å²) in [4.78, 5) is 0. The van der Waals surface area contributed by atoms with E-state index in [-0.39, 0.29) is 18.9 Å². The van der Waals surface area contributed by atoms with Gasteiger partial charge in [-0.3, -0.25) is 0 Å². The number of aromatic nitrogens is 1. The molecule has 0 amide bonds. The zero-order valence-corrected chi connectivity index (χ0v) is 12.5. The third-order valence-electron chi connectivity index (χ3n) is 2.73. The second-order valence-electron chi connectivity index (χ2n) is 4.47. The Balaban J connectivity index is 2.06. The highest BCUT2D eigenvalue weighted by molar-refractivity contribution is 7.87. The number of alkyl halides is 3. The molecule has 1 aromatic heterocycles. The van der Waals surface area contributed by atoms with Crippen LogP contribution >= 0.6 is 0 Å². The minimum absolute atomic E-state index is 0.122. The lowest BCUT2D eigenvalue weighted by Gasteiger charge is -2.06. The van der Waals surface area contributed by atoms with Gasteiger partial charge in [0.25, 0.3) is 5.69 Å². The fraction of sp³-hybridized carbons (Fsp3) is 0.214. The molecule has 0 aliphatic rings. The molecule has 0 aliphatic heterocycles. The van der Waals surface area contributed by atoms with Gasteiger partial charge >= 0.3 is 15.6 Å². The summed E-state index contributed by atoms with van der Waals surface area (Å²) in [5, 5.41) is 0. The molecule has 0 bridgehead atoms. The van der Waals surface area contributed by atoms with E-state index in [1.54, 1.807) is 0 Å². The highest BCUT2D eigenvalue weighted by Crippen LogP contribution is 2.21. The molecular formula is C14H13F3NO4S+. The van der Waals surface area contributed by atoms with Gasteiger partial charge in [-0.15, -0.1) is 4.28 Å². The number of benzene rings is 1. The maximum atomic E-state index is 12.4. The van der Waals surface area contributed by atoms with Crippen molar-refractivity contribution in [2.45, 2.75) is 18.7 Å². The first-order valence-corrected chi connectivity index (χ1v) is 7.83. The average molecular weight is 348 g/mol. The molecule has 124 valence electrons. The van der Waals surface area contributed by atoms with Crippen molar-refractivity contribution >= 4 is 10.1 Å². The van der Waals surface area contributed by atoms with Crippen LogP contribution in [0.1, 0.15) is 11.3 Å². The van der Waals surface area contributed by atoms with Crippen LogP contribution in [0.4, 0.5) is 13.2 Å². The molecule has 23 heavy (non-hydrogen) atoms. The van der Waals surface area contributed by atoms with E-state index >= 15 is 0 Å². The fourth-order valence-electron chi connectivity index (χ4n) is 1.64. The van der Waals surface area contributed by atoms with Gasteiger partial charge in [-0.25, -0.2) is 0 Å². The SMILES string of the molecule is O=S(=O)(O[n+]1ccccc1COCc1ccccc1)C(F)(F)F. The van der Waals surface area contributed by atoms with Crippen molar-refractivity contribution in [1.29, 1.82) is 0 Å². The zero-order valence-electron chi connectivity index (χ0n) is 11.7. The molecular weight excluding hydrogens is 335 g/mol. The lowest BCUT2D eigenvalue weighted by molar-refractivity contribution is -0.863. The van der Waals surface area contributed by atoms with Crippen LogP contribution in [0.2, 0.25) is 0 Å². The second kappa shape index (κ2) is 6.97. The summed E-state index contributed by atoms with van der Waals surface area (Å²) in [7, 11) is -5.74. The Morgan fingerprint density at radius 2 is 1.61 bits per heavy atom. The maximum absolute atomic E-state index is 12.4. The molecule has 2 rings (SSSR count). The van der Waals surface area contributed by atoms with E-state index in [2.05, 4.69) is 4.28 Å². The van der Waals surface area contributed by atoms with Gasteiger partial charge in [0.15, 0.2) is 0 Å². The topological polar surface area (TPSA) is 56.5 Å². The van der Waals surface area contributed by atoms with Gasteiger partial charge in [-0.1, -0.05) is 30.3 Å². The average Bonchev–Trinajstić information content (AvgIpc) is 2.49. The molecule has 0 fully saturated rings. The number of halogens is 3. The second-order valence-corrected chi connectivity index (χ2v) is 5.99. The molecule has 0 radical (unpaired) electrons. The standard InChI is InChI=1S/C14H13F3NO4S/c15-14(16,17)23(19,20)22-18-9-5-4-8-13(18)11-21-10-12-6-2-1-3-7-12/h1-9H,10-11H2/q+1. The predicted molar refractivity (Wildman–Crippen MR) is 73.1 cm³/mol. The number of hydrogen-bond donors (Lipinski definition) is 0. The van der Waals surface area contributed by atoms with Crippen molar-refractivity contribution in [2.24, 2.45) is 0 Å². The first-order chi connectivity index (χ1) is 10.8. The van der Waals surface area contributed by atoms with Crippen LogP contribution in [0, 0.1) is 0 Å². The summed E-state index contributed by atoms with van der Waals surface area (Å²) >= 11 is 0. The summed E-state index contributed by atoms with van der Waals surface area (Å²) in [6, 6.07) is 13.4. The Bertz CT molecular complexity index is 748. The van der Waals surface area contributed by atoms with Gasteiger partial charge in [0.1, 0.15) is 6.61 Å². The van der Waals surface area contributed by atoms with Crippen LogP contribution in [0.25, 0.3) is 0 Å². The first-order valence-electron chi connectivity index (χ1n) is 6.42. The Morgan fingerprint density at radius 1 is 0.957 bits per heavy atom. The number of rotatable bonds is 6. The van der Waals surface area contributed by atoms with E-state index in [1.165, 1.54) is 18.2 Å². The monoisotopic (exact) mass is 348 g/mol. The number of nitrogens with zero attached hydrogens (tertiary/aromatic N) is 1. The fourth-order valence-corrected chi connectivity index (χ4v) is 2.09. The third kappa shape index (κ3) is 4.67. The lowest BCUT2D eigenvalue weighted by atomic mass is 10.2. The van der Waals surface area contributed by atoms with Gasteiger partial charge in [-0.2, -0.15) is 21.6 Å². The summed E-state index contributed by atoms with van der Waals surface area (Å²) in [5.41, 5.74) is -4.51. The van der Waals surface area contributed by atoms with Crippen molar-refractivity contribution in [1.82, 2.24) is 0 Å². The zero-order chi connectivity index (χ0) is 16.9. The van der Waals surface area contributed by atoms with Crippen molar-refractivity contribution in [2.75, 3.05) is 0 Å². The molecule has 9 heteroatoms. The lowest BCUT2D eigenvalue weighted by Crippen LogP contribution is -2.52. The van der Waals surface area contributed by atoms with Gasteiger partial charge in [0, 0.05) is 16.9 Å². The number of pyridine rings is 1.